The average Bonchev–Trinajstić information content (AvgIpc) is 2.66. The van der Waals surface area contributed by atoms with Crippen molar-refractivity contribution in [2.45, 2.75) is 26.7 Å². The van der Waals surface area contributed by atoms with E-state index in [9.17, 15) is 14.7 Å². The molecule has 0 unspecified atom stereocenters. The van der Waals surface area contributed by atoms with Crippen LogP contribution in [0.4, 0.5) is 0 Å². The highest BCUT2D eigenvalue weighted by Gasteiger charge is 2.21. The second-order valence-corrected chi connectivity index (χ2v) is 5.17. The van der Waals surface area contributed by atoms with Crippen LogP contribution in [0.5, 0.6) is 0 Å². The molecular weight excluding hydrogens is 252 g/mol. The fourth-order valence-electron chi connectivity index (χ4n) is 1.95. The second kappa shape index (κ2) is 4.53. The first-order valence-corrected chi connectivity index (χ1v) is 6.51. The van der Waals surface area contributed by atoms with Gasteiger partial charge < -0.3 is 5.11 Å². The van der Waals surface area contributed by atoms with Crippen LogP contribution in [0.3, 0.4) is 0 Å². The van der Waals surface area contributed by atoms with Crippen LogP contribution in [0, 0.1) is 6.92 Å². The summed E-state index contributed by atoms with van der Waals surface area (Å²) < 4.78 is 1.46. The molecule has 0 saturated carbocycles. The molecule has 0 spiro atoms. The standard InChI is InChI=1S/C12H14N2O3S/c1-4-5-7-8-10(18-9(7)12(16)17)13-6(2)14(3)11(8)15/h4-5H2,1-3H3,(H,16,17). The molecule has 0 saturated heterocycles. The van der Waals surface area contributed by atoms with E-state index < -0.39 is 5.97 Å². The van der Waals surface area contributed by atoms with Crippen LogP contribution in [0.1, 0.15) is 34.4 Å². The van der Waals surface area contributed by atoms with E-state index in [1.54, 1.807) is 14.0 Å². The van der Waals surface area contributed by atoms with E-state index in [0.717, 1.165) is 17.8 Å². The van der Waals surface area contributed by atoms with Crippen LogP contribution >= 0.6 is 11.3 Å². The van der Waals surface area contributed by atoms with Gasteiger partial charge in [-0.3, -0.25) is 9.36 Å². The molecule has 2 aromatic heterocycles. The summed E-state index contributed by atoms with van der Waals surface area (Å²) in [6.45, 7) is 3.70. The molecule has 0 aliphatic heterocycles. The maximum Gasteiger partial charge on any atom is 0.346 e. The Balaban J connectivity index is 2.91. The molecule has 6 heteroatoms. The highest BCUT2D eigenvalue weighted by Crippen LogP contribution is 2.29. The van der Waals surface area contributed by atoms with Gasteiger partial charge in [-0.05, 0) is 18.9 Å². The Hall–Kier alpha value is -1.69. The van der Waals surface area contributed by atoms with Crippen LogP contribution in [-0.4, -0.2) is 20.6 Å². The molecule has 1 N–H and O–H groups in total. The first-order chi connectivity index (χ1) is 8.47. The van der Waals surface area contributed by atoms with Gasteiger partial charge in [0.05, 0.1) is 5.39 Å². The zero-order valence-electron chi connectivity index (χ0n) is 10.5. The van der Waals surface area contributed by atoms with Crippen LogP contribution in [-0.2, 0) is 13.5 Å². The van der Waals surface area contributed by atoms with Gasteiger partial charge in [-0.1, -0.05) is 13.3 Å². The fourth-order valence-corrected chi connectivity index (χ4v) is 3.05. The summed E-state index contributed by atoms with van der Waals surface area (Å²) in [5, 5.41) is 9.66. The van der Waals surface area contributed by atoms with Crippen molar-refractivity contribution < 1.29 is 9.90 Å². The van der Waals surface area contributed by atoms with Gasteiger partial charge in [-0.15, -0.1) is 11.3 Å². The Morgan fingerprint density at radius 3 is 2.72 bits per heavy atom. The zero-order chi connectivity index (χ0) is 13.4. The maximum atomic E-state index is 12.2. The molecule has 2 heterocycles. The lowest BCUT2D eigenvalue weighted by atomic mass is 10.1. The summed E-state index contributed by atoms with van der Waals surface area (Å²) >= 11 is 1.08. The topological polar surface area (TPSA) is 72.2 Å². The van der Waals surface area contributed by atoms with E-state index in [0.29, 0.717) is 28.0 Å². The van der Waals surface area contributed by atoms with Crippen LogP contribution in [0.2, 0.25) is 0 Å². The summed E-state index contributed by atoms with van der Waals surface area (Å²) in [7, 11) is 1.65. The molecule has 5 nitrogen and oxygen atoms in total. The second-order valence-electron chi connectivity index (χ2n) is 4.17. The van der Waals surface area contributed by atoms with Crippen LogP contribution in [0.25, 0.3) is 10.2 Å². The van der Waals surface area contributed by atoms with Gasteiger partial charge in [-0.2, -0.15) is 0 Å². The molecule has 0 aliphatic rings. The predicted octanol–water partition coefficient (Wildman–Crippen LogP) is 1.95. The number of thiophene rings is 1. The molecule has 0 bridgehead atoms. The molecule has 0 atom stereocenters. The van der Waals surface area contributed by atoms with Crippen molar-refractivity contribution in [1.82, 2.24) is 9.55 Å². The summed E-state index contributed by atoms with van der Waals surface area (Å²) in [6, 6.07) is 0. The minimum atomic E-state index is -0.985. The average molecular weight is 266 g/mol. The summed E-state index contributed by atoms with van der Waals surface area (Å²) in [4.78, 5) is 28.5. The Morgan fingerprint density at radius 2 is 2.17 bits per heavy atom. The summed E-state index contributed by atoms with van der Waals surface area (Å²) in [5.41, 5.74) is 0.461. The van der Waals surface area contributed by atoms with Crippen molar-refractivity contribution in [3.8, 4) is 0 Å². The normalized spacial score (nSPS) is 11.1. The third-order valence-electron chi connectivity index (χ3n) is 2.95. The lowest BCUT2D eigenvalue weighted by Crippen LogP contribution is -2.20. The maximum absolute atomic E-state index is 12.2. The van der Waals surface area contributed by atoms with Gasteiger partial charge in [0.1, 0.15) is 15.5 Å². The number of hydrogen-bond acceptors (Lipinski definition) is 4. The van der Waals surface area contributed by atoms with E-state index in [1.165, 1.54) is 4.57 Å². The van der Waals surface area contributed by atoms with E-state index in [-0.39, 0.29) is 10.4 Å². The number of fused-ring (bicyclic) bond motifs is 1. The summed E-state index contributed by atoms with van der Waals surface area (Å²) in [6.07, 6.45) is 1.38. The molecule has 0 fully saturated rings. The predicted molar refractivity (Wildman–Crippen MR) is 70.6 cm³/mol. The molecule has 96 valence electrons. The molecular formula is C12H14N2O3S. The first-order valence-electron chi connectivity index (χ1n) is 5.69. The van der Waals surface area contributed by atoms with E-state index in [2.05, 4.69) is 4.98 Å². The van der Waals surface area contributed by atoms with Crippen molar-refractivity contribution in [3.05, 3.63) is 26.6 Å². The number of aryl methyl sites for hydroxylation is 2. The van der Waals surface area contributed by atoms with Crippen molar-refractivity contribution in [1.29, 1.82) is 0 Å². The lowest BCUT2D eigenvalue weighted by molar-refractivity contribution is 0.0701. The van der Waals surface area contributed by atoms with Gasteiger partial charge in [0, 0.05) is 7.05 Å². The Bertz CT molecular complexity index is 685. The summed E-state index contributed by atoms with van der Waals surface area (Å²) in [5.74, 6) is -0.394. The Labute approximate surface area is 108 Å². The monoisotopic (exact) mass is 266 g/mol. The van der Waals surface area contributed by atoms with Gasteiger partial charge in [-0.25, -0.2) is 9.78 Å². The van der Waals surface area contributed by atoms with Crippen molar-refractivity contribution in [2.24, 2.45) is 7.05 Å². The first kappa shape index (κ1) is 12.8. The number of aromatic nitrogens is 2. The van der Waals surface area contributed by atoms with E-state index in [4.69, 9.17) is 0 Å². The Morgan fingerprint density at radius 1 is 1.50 bits per heavy atom. The Kier molecular flexibility index (Phi) is 3.21. The lowest BCUT2D eigenvalue weighted by Gasteiger charge is -2.03. The van der Waals surface area contributed by atoms with Crippen LogP contribution in [0.15, 0.2) is 4.79 Å². The quantitative estimate of drug-likeness (QED) is 0.921. The molecule has 2 aromatic rings. The molecule has 0 aromatic carbocycles. The van der Waals surface area contributed by atoms with Crippen molar-refractivity contribution >= 4 is 27.5 Å². The van der Waals surface area contributed by atoms with Gasteiger partial charge >= 0.3 is 5.97 Å². The van der Waals surface area contributed by atoms with Crippen LogP contribution < -0.4 is 5.56 Å². The van der Waals surface area contributed by atoms with Gasteiger partial charge in [0.25, 0.3) is 5.56 Å². The number of hydrogen-bond donors (Lipinski definition) is 1. The number of carboxylic acids is 1. The molecule has 2 rings (SSSR count). The number of carboxylic acid groups (broad SMARTS) is 1. The third-order valence-corrected chi connectivity index (χ3v) is 4.06. The highest BCUT2D eigenvalue weighted by molar-refractivity contribution is 7.20. The largest absolute Gasteiger partial charge is 0.477 e. The van der Waals surface area contributed by atoms with Gasteiger partial charge in [0.15, 0.2) is 0 Å². The third kappa shape index (κ3) is 1.82. The number of carbonyl (C=O) groups is 1. The minimum Gasteiger partial charge on any atom is -0.477 e. The van der Waals surface area contributed by atoms with Crippen molar-refractivity contribution in [3.63, 3.8) is 0 Å². The van der Waals surface area contributed by atoms with E-state index >= 15 is 0 Å². The number of rotatable bonds is 3. The highest BCUT2D eigenvalue weighted by atomic mass is 32.1. The molecule has 0 radical (unpaired) electrons. The molecule has 0 amide bonds. The van der Waals surface area contributed by atoms with E-state index in [1.807, 2.05) is 6.92 Å². The minimum absolute atomic E-state index is 0.162. The molecule has 0 aliphatic carbocycles. The number of aromatic carboxylic acids is 1. The van der Waals surface area contributed by atoms with Crippen molar-refractivity contribution in [2.75, 3.05) is 0 Å². The fraction of sp³-hybridized carbons (Fsp3) is 0.417. The van der Waals surface area contributed by atoms with Gasteiger partial charge in [0.2, 0.25) is 0 Å². The SMILES string of the molecule is CCCc1c(C(=O)O)sc2nc(C)n(C)c(=O)c12. The zero-order valence-corrected chi connectivity index (χ0v) is 11.3. The number of nitrogens with zero attached hydrogens (tertiary/aromatic N) is 2. The molecule has 18 heavy (non-hydrogen) atoms. The smallest absolute Gasteiger partial charge is 0.346 e.